The van der Waals surface area contributed by atoms with E-state index < -0.39 is 21.2 Å². The molecule has 0 aromatic rings. The van der Waals surface area contributed by atoms with Crippen molar-refractivity contribution in [1.29, 1.82) is 0 Å². The van der Waals surface area contributed by atoms with Crippen molar-refractivity contribution in [3.05, 3.63) is 23.3 Å². The van der Waals surface area contributed by atoms with Crippen molar-refractivity contribution >= 4 is 22.9 Å². The second kappa shape index (κ2) is 7.93. The Balaban J connectivity index is 4.02. The van der Waals surface area contributed by atoms with E-state index in [1.807, 2.05) is 13.0 Å². The van der Waals surface area contributed by atoms with Crippen LogP contribution in [0.1, 0.15) is 40.0 Å². The Morgan fingerprint density at radius 3 is 2.35 bits per heavy atom. The Bertz CT molecular complexity index is 379. The van der Waals surface area contributed by atoms with Gasteiger partial charge in [-0.05, 0) is 40.0 Å². The van der Waals surface area contributed by atoms with Gasteiger partial charge in [-0.15, -0.1) is 3.89 Å². The molecule has 5 heteroatoms. The molecule has 0 N–H and O–H groups in total. The lowest BCUT2D eigenvalue weighted by Crippen LogP contribution is -2.11. The first-order chi connectivity index (χ1) is 7.70. The lowest BCUT2D eigenvalue weighted by atomic mass is 10.1. The van der Waals surface area contributed by atoms with Gasteiger partial charge in [0, 0.05) is 5.25 Å². The van der Waals surface area contributed by atoms with Gasteiger partial charge in [-0.25, -0.2) is 0 Å². The molecule has 0 aliphatic heterocycles. The van der Waals surface area contributed by atoms with Crippen LogP contribution >= 0.6 is 12.6 Å². The SMILES string of the molecule is CC(C)=CCCC(C)=CCC(S)CS(=O)(=O)F. The van der Waals surface area contributed by atoms with Crippen molar-refractivity contribution in [2.75, 3.05) is 5.75 Å². The van der Waals surface area contributed by atoms with E-state index in [2.05, 4.69) is 32.6 Å². The van der Waals surface area contributed by atoms with E-state index >= 15 is 0 Å². The molecule has 0 aromatic carbocycles. The second-order valence-corrected chi connectivity index (χ2v) is 6.61. The molecule has 0 saturated heterocycles. The van der Waals surface area contributed by atoms with Crippen LogP contribution in [0.5, 0.6) is 0 Å². The Labute approximate surface area is 110 Å². The first-order valence-electron chi connectivity index (χ1n) is 5.60. The fourth-order valence-corrected chi connectivity index (χ4v) is 2.56. The van der Waals surface area contributed by atoms with Crippen molar-refractivity contribution in [2.45, 2.75) is 45.3 Å². The Kier molecular flexibility index (Phi) is 7.79. The molecule has 0 aliphatic rings. The van der Waals surface area contributed by atoms with Gasteiger partial charge in [0.15, 0.2) is 0 Å². The minimum absolute atomic E-state index is 0.469. The number of hydrogen-bond donors (Lipinski definition) is 1. The van der Waals surface area contributed by atoms with Gasteiger partial charge >= 0.3 is 10.2 Å². The topological polar surface area (TPSA) is 34.1 Å². The molecular weight excluding hydrogens is 259 g/mol. The van der Waals surface area contributed by atoms with E-state index in [4.69, 9.17) is 0 Å². The fraction of sp³-hybridized carbons (Fsp3) is 0.667. The van der Waals surface area contributed by atoms with Gasteiger partial charge in [-0.2, -0.15) is 21.0 Å². The minimum Gasteiger partial charge on any atom is -0.195 e. The maximum absolute atomic E-state index is 12.4. The van der Waals surface area contributed by atoms with Crippen LogP contribution in [0.2, 0.25) is 0 Å². The van der Waals surface area contributed by atoms with Crippen LogP contribution in [0.25, 0.3) is 0 Å². The molecule has 17 heavy (non-hydrogen) atoms. The predicted octanol–water partition coefficient (Wildman–Crippen LogP) is 3.67. The number of rotatable bonds is 7. The summed E-state index contributed by atoms with van der Waals surface area (Å²) in [5, 5.41) is -0.469. The molecule has 0 heterocycles. The molecule has 0 rings (SSSR count). The molecular formula is C12H21FO2S2. The molecule has 2 nitrogen and oxygen atoms in total. The first kappa shape index (κ1) is 16.7. The predicted molar refractivity (Wildman–Crippen MR) is 74.7 cm³/mol. The maximum atomic E-state index is 12.4. The maximum Gasteiger partial charge on any atom is 0.303 e. The Hall–Kier alpha value is -0.290. The van der Waals surface area contributed by atoms with Crippen molar-refractivity contribution in [3.8, 4) is 0 Å². The van der Waals surface area contributed by atoms with E-state index in [9.17, 15) is 12.3 Å². The minimum atomic E-state index is -4.41. The third kappa shape index (κ3) is 12.0. The summed E-state index contributed by atoms with van der Waals surface area (Å²) in [6.45, 7) is 6.09. The van der Waals surface area contributed by atoms with Gasteiger partial charge in [0.05, 0.1) is 5.75 Å². The van der Waals surface area contributed by atoms with Crippen LogP contribution in [-0.2, 0) is 10.2 Å². The molecule has 0 fully saturated rings. The molecule has 0 amide bonds. The third-order valence-corrected chi connectivity index (χ3v) is 3.66. The average Bonchev–Trinajstić information content (AvgIpc) is 2.11. The standard InChI is InChI=1S/C12H21FO2S2/c1-10(2)5-4-6-11(3)7-8-12(16)9-17(13,14)15/h5,7,12,16H,4,6,8-9H2,1-3H3. The van der Waals surface area contributed by atoms with Gasteiger partial charge in [0.2, 0.25) is 0 Å². The van der Waals surface area contributed by atoms with Crippen LogP contribution < -0.4 is 0 Å². The first-order valence-corrected chi connectivity index (χ1v) is 7.67. The molecule has 0 aromatic heterocycles. The van der Waals surface area contributed by atoms with Gasteiger partial charge in [-0.3, -0.25) is 0 Å². The molecule has 1 unspecified atom stereocenters. The quantitative estimate of drug-likeness (QED) is 0.438. The molecule has 1 atom stereocenters. The largest absolute Gasteiger partial charge is 0.303 e. The van der Waals surface area contributed by atoms with Crippen molar-refractivity contribution < 1.29 is 12.3 Å². The van der Waals surface area contributed by atoms with Crippen molar-refractivity contribution in [2.24, 2.45) is 0 Å². The van der Waals surface area contributed by atoms with Gasteiger partial charge in [0.25, 0.3) is 0 Å². The number of hydrogen-bond acceptors (Lipinski definition) is 3. The summed E-state index contributed by atoms with van der Waals surface area (Å²) in [4.78, 5) is 0. The van der Waals surface area contributed by atoms with Crippen LogP contribution in [0.15, 0.2) is 23.3 Å². The zero-order valence-corrected chi connectivity index (χ0v) is 12.3. The molecule has 0 saturated carbocycles. The highest BCUT2D eigenvalue weighted by molar-refractivity contribution is 7.88. The van der Waals surface area contributed by atoms with Crippen LogP contribution in [0, 0.1) is 0 Å². The number of halogens is 1. The lowest BCUT2D eigenvalue weighted by molar-refractivity contribution is 0.550. The Morgan fingerprint density at radius 2 is 1.88 bits per heavy atom. The number of thiol groups is 1. The van der Waals surface area contributed by atoms with Gasteiger partial charge < -0.3 is 0 Å². The fourth-order valence-electron chi connectivity index (χ4n) is 1.33. The third-order valence-electron chi connectivity index (χ3n) is 2.22. The summed E-state index contributed by atoms with van der Waals surface area (Å²) in [6.07, 6.45) is 6.48. The highest BCUT2D eigenvalue weighted by Crippen LogP contribution is 2.12. The highest BCUT2D eigenvalue weighted by Gasteiger charge is 2.13. The summed E-state index contributed by atoms with van der Waals surface area (Å²) in [5.74, 6) is -0.520. The molecule has 0 aliphatic carbocycles. The molecule has 0 radical (unpaired) electrons. The summed E-state index contributed by atoms with van der Waals surface area (Å²) >= 11 is 4.05. The molecule has 0 spiro atoms. The van der Waals surface area contributed by atoms with E-state index in [1.165, 1.54) is 11.1 Å². The zero-order chi connectivity index (χ0) is 13.5. The van der Waals surface area contributed by atoms with E-state index in [1.54, 1.807) is 0 Å². The normalized spacial score (nSPS) is 14.5. The molecule has 100 valence electrons. The lowest BCUT2D eigenvalue weighted by Gasteiger charge is -2.05. The van der Waals surface area contributed by atoms with E-state index in [0.29, 0.717) is 6.42 Å². The van der Waals surface area contributed by atoms with Crippen molar-refractivity contribution in [3.63, 3.8) is 0 Å². The number of allylic oxidation sites excluding steroid dienone is 4. The summed E-state index contributed by atoms with van der Waals surface area (Å²) < 4.78 is 33.1. The van der Waals surface area contributed by atoms with E-state index in [-0.39, 0.29) is 0 Å². The van der Waals surface area contributed by atoms with Crippen LogP contribution in [0.4, 0.5) is 3.89 Å². The van der Waals surface area contributed by atoms with Crippen LogP contribution in [0.3, 0.4) is 0 Å². The second-order valence-electron chi connectivity index (χ2n) is 4.47. The summed E-state index contributed by atoms with van der Waals surface area (Å²) in [7, 11) is -4.41. The summed E-state index contributed by atoms with van der Waals surface area (Å²) in [5.41, 5.74) is 2.46. The zero-order valence-electron chi connectivity index (χ0n) is 10.6. The molecule has 0 bridgehead atoms. The van der Waals surface area contributed by atoms with E-state index in [0.717, 1.165) is 12.8 Å². The summed E-state index contributed by atoms with van der Waals surface area (Å²) in [6, 6.07) is 0. The van der Waals surface area contributed by atoms with Gasteiger partial charge in [0.1, 0.15) is 0 Å². The van der Waals surface area contributed by atoms with Crippen molar-refractivity contribution in [1.82, 2.24) is 0 Å². The monoisotopic (exact) mass is 280 g/mol. The Morgan fingerprint density at radius 1 is 1.29 bits per heavy atom. The highest BCUT2D eigenvalue weighted by atomic mass is 32.3. The smallest absolute Gasteiger partial charge is 0.195 e. The van der Waals surface area contributed by atoms with Gasteiger partial charge in [-0.1, -0.05) is 23.3 Å². The average molecular weight is 280 g/mol. The van der Waals surface area contributed by atoms with Crippen LogP contribution in [-0.4, -0.2) is 19.4 Å².